The molecule has 1 aliphatic rings. The fraction of sp³-hybridized carbons (Fsp3) is 0.900. The van der Waals surface area contributed by atoms with E-state index in [9.17, 15) is 8.42 Å². The SMILES string of the molecule is CC(C)NC(N)=NCC1CCCCS1(=O)=O. The van der Waals surface area contributed by atoms with Crippen molar-refractivity contribution in [3.8, 4) is 0 Å². The van der Waals surface area contributed by atoms with Gasteiger partial charge in [0.2, 0.25) is 0 Å². The first kappa shape index (κ1) is 13.3. The molecule has 0 aromatic carbocycles. The van der Waals surface area contributed by atoms with Gasteiger partial charge in [0.1, 0.15) is 0 Å². The zero-order chi connectivity index (χ0) is 12.2. The molecule has 0 aliphatic carbocycles. The highest BCUT2D eigenvalue weighted by atomic mass is 32.2. The summed E-state index contributed by atoms with van der Waals surface area (Å²) < 4.78 is 23.4. The molecule has 0 spiro atoms. The predicted molar refractivity (Wildman–Crippen MR) is 66.2 cm³/mol. The molecule has 1 fully saturated rings. The van der Waals surface area contributed by atoms with Gasteiger partial charge in [0.25, 0.3) is 0 Å². The standard InChI is InChI=1S/C10H21N3O2S/c1-8(2)13-10(11)12-7-9-5-3-4-6-16(9,14)15/h8-9H,3-7H2,1-2H3,(H3,11,12,13). The van der Waals surface area contributed by atoms with E-state index in [4.69, 9.17) is 5.73 Å². The fourth-order valence-electron chi connectivity index (χ4n) is 1.77. The molecule has 16 heavy (non-hydrogen) atoms. The van der Waals surface area contributed by atoms with E-state index in [2.05, 4.69) is 10.3 Å². The van der Waals surface area contributed by atoms with Crippen molar-refractivity contribution in [2.24, 2.45) is 10.7 Å². The average molecular weight is 247 g/mol. The molecule has 5 nitrogen and oxygen atoms in total. The van der Waals surface area contributed by atoms with Gasteiger partial charge in [-0.25, -0.2) is 8.42 Å². The van der Waals surface area contributed by atoms with Crippen LogP contribution >= 0.6 is 0 Å². The van der Waals surface area contributed by atoms with Gasteiger partial charge in [0.05, 0.1) is 17.5 Å². The number of guanidine groups is 1. The van der Waals surface area contributed by atoms with E-state index in [0.717, 1.165) is 12.8 Å². The third-order valence-electron chi connectivity index (χ3n) is 2.61. The second kappa shape index (κ2) is 5.52. The summed E-state index contributed by atoms with van der Waals surface area (Å²) in [5.74, 6) is 0.626. The third kappa shape index (κ3) is 4.00. The lowest BCUT2D eigenvalue weighted by molar-refractivity contribution is 0.541. The van der Waals surface area contributed by atoms with Crippen LogP contribution in [0.2, 0.25) is 0 Å². The lowest BCUT2D eigenvalue weighted by Gasteiger charge is -2.20. The van der Waals surface area contributed by atoms with E-state index in [1.165, 1.54) is 0 Å². The Morgan fingerprint density at radius 1 is 1.50 bits per heavy atom. The molecule has 1 saturated heterocycles. The first-order chi connectivity index (χ1) is 7.42. The van der Waals surface area contributed by atoms with Gasteiger partial charge < -0.3 is 11.1 Å². The number of rotatable bonds is 3. The zero-order valence-corrected chi connectivity index (χ0v) is 10.8. The summed E-state index contributed by atoms with van der Waals surface area (Å²) in [6, 6.07) is 0.215. The molecule has 1 unspecified atom stereocenters. The Kier molecular flexibility index (Phi) is 4.58. The minimum atomic E-state index is -2.94. The molecule has 1 heterocycles. The van der Waals surface area contributed by atoms with Crippen LogP contribution in [0.25, 0.3) is 0 Å². The van der Waals surface area contributed by atoms with Crippen LogP contribution in [0.1, 0.15) is 33.1 Å². The topological polar surface area (TPSA) is 84.5 Å². The van der Waals surface area contributed by atoms with Crippen molar-refractivity contribution in [2.75, 3.05) is 12.3 Å². The summed E-state index contributed by atoms with van der Waals surface area (Å²) >= 11 is 0. The summed E-state index contributed by atoms with van der Waals surface area (Å²) in [5, 5.41) is 2.60. The molecule has 3 N–H and O–H groups in total. The maximum absolute atomic E-state index is 11.7. The molecule has 1 atom stereocenters. The summed E-state index contributed by atoms with van der Waals surface area (Å²) in [6.07, 6.45) is 2.46. The lowest BCUT2D eigenvalue weighted by Crippen LogP contribution is -2.38. The van der Waals surface area contributed by atoms with Gasteiger partial charge in [-0.1, -0.05) is 6.42 Å². The van der Waals surface area contributed by atoms with Crippen molar-refractivity contribution in [1.82, 2.24) is 5.32 Å². The van der Waals surface area contributed by atoms with Crippen molar-refractivity contribution in [1.29, 1.82) is 0 Å². The van der Waals surface area contributed by atoms with Crippen LogP contribution in [-0.2, 0) is 9.84 Å². The summed E-state index contributed by atoms with van der Waals surface area (Å²) in [6.45, 7) is 4.20. The molecular formula is C10H21N3O2S. The monoisotopic (exact) mass is 247 g/mol. The molecule has 0 bridgehead atoms. The van der Waals surface area contributed by atoms with Crippen LogP contribution < -0.4 is 11.1 Å². The van der Waals surface area contributed by atoms with E-state index in [0.29, 0.717) is 18.1 Å². The summed E-state index contributed by atoms with van der Waals surface area (Å²) in [5.41, 5.74) is 5.62. The van der Waals surface area contributed by atoms with Gasteiger partial charge in [-0.15, -0.1) is 0 Å². The number of aliphatic imine (C=N–C) groups is 1. The van der Waals surface area contributed by atoms with E-state index in [1.807, 2.05) is 13.8 Å². The van der Waals surface area contributed by atoms with Crippen LogP contribution in [0.3, 0.4) is 0 Å². The highest BCUT2D eigenvalue weighted by Gasteiger charge is 2.28. The Bertz CT molecular complexity index is 349. The van der Waals surface area contributed by atoms with Gasteiger partial charge >= 0.3 is 0 Å². The normalized spacial score (nSPS) is 25.7. The van der Waals surface area contributed by atoms with Crippen molar-refractivity contribution in [3.63, 3.8) is 0 Å². The molecular weight excluding hydrogens is 226 g/mol. The Morgan fingerprint density at radius 3 is 2.75 bits per heavy atom. The molecule has 94 valence electrons. The van der Waals surface area contributed by atoms with Crippen molar-refractivity contribution >= 4 is 15.8 Å². The first-order valence-electron chi connectivity index (χ1n) is 5.70. The van der Waals surface area contributed by atoms with Crippen LogP contribution in [-0.4, -0.2) is 38.0 Å². The predicted octanol–water partition coefficient (Wildman–Crippen LogP) is 0.266. The third-order valence-corrected chi connectivity index (χ3v) is 4.87. The van der Waals surface area contributed by atoms with Crippen molar-refractivity contribution in [3.05, 3.63) is 0 Å². The molecule has 0 saturated carbocycles. The lowest BCUT2D eigenvalue weighted by atomic mass is 10.2. The molecule has 1 rings (SSSR count). The molecule has 1 aliphatic heterocycles. The number of nitrogens with zero attached hydrogens (tertiary/aromatic N) is 1. The molecule has 0 aromatic heterocycles. The summed E-state index contributed by atoms with van der Waals surface area (Å²) in [7, 11) is -2.94. The van der Waals surface area contributed by atoms with Gasteiger partial charge in [-0.3, -0.25) is 4.99 Å². The van der Waals surface area contributed by atoms with Gasteiger partial charge in [0, 0.05) is 6.04 Å². The first-order valence-corrected chi connectivity index (χ1v) is 7.41. The van der Waals surface area contributed by atoms with Crippen LogP contribution in [0.4, 0.5) is 0 Å². The molecule has 6 heteroatoms. The summed E-state index contributed by atoms with van der Waals surface area (Å²) in [4.78, 5) is 4.09. The van der Waals surface area contributed by atoms with E-state index >= 15 is 0 Å². The maximum Gasteiger partial charge on any atom is 0.188 e. The number of sulfone groups is 1. The Morgan fingerprint density at radius 2 is 2.19 bits per heavy atom. The minimum Gasteiger partial charge on any atom is -0.370 e. The maximum atomic E-state index is 11.7. The van der Waals surface area contributed by atoms with Crippen LogP contribution in [0.5, 0.6) is 0 Å². The van der Waals surface area contributed by atoms with Crippen LogP contribution in [0.15, 0.2) is 4.99 Å². The average Bonchev–Trinajstić information content (AvgIpc) is 2.14. The highest BCUT2D eigenvalue weighted by molar-refractivity contribution is 7.92. The molecule has 0 radical (unpaired) electrons. The highest BCUT2D eigenvalue weighted by Crippen LogP contribution is 2.19. The molecule has 0 aromatic rings. The van der Waals surface area contributed by atoms with Crippen molar-refractivity contribution in [2.45, 2.75) is 44.4 Å². The largest absolute Gasteiger partial charge is 0.370 e. The fourth-order valence-corrected chi connectivity index (χ4v) is 3.54. The van der Waals surface area contributed by atoms with Crippen molar-refractivity contribution < 1.29 is 8.42 Å². The zero-order valence-electron chi connectivity index (χ0n) is 9.94. The quantitative estimate of drug-likeness (QED) is 0.553. The van der Waals surface area contributed by atoms with Gasteiger partial charge in [-0.05, 0) is 26.7 Å². The van der Waals surface area contributed by atoms with Gasteiger partial charge in [0.15, 0.2) is 15.8 Å². The smallest absolute Gasteiger partial charge is 0.188 e. The number of nitrogens with two attached hydrogens (primary N) is 1. The van der Waals surface area contributed by atoms with Crippen LogP contribution in [0, 0.1) is 0 Å². The Hall–Kier alpha value is -0.780. The van der Waals surface area contributed by atoms with E-state index in [-0.39, 0.29) is 17.8 Å². The van der Waals surface area contributed by atoms with E-state index in [1.54, 1.807) is 0 Å². The number of nitrogens with one attached hydrogen (secondary N) is 1. The number of hydrogen-bond donors (Lipinski definition) is 2. The van der Waals surface area contributed by atoms with Gasteiger partial charge in [-0.2, -0.15) is 0 Å². The second-order valence-electron chi connectivity index (χ2n) is 4.51. The number of hydrogen-bond acceptors (Lipinski definition) is 3. The second-order valence-corrected chi connectivity index (χ2v) is 6.91. The minimum absolute atomic E-state index is 0.215. The Labute approximate surface area is 97.4 Å². The van der Waals surface area contributed by atoms with E-state index < -0.39 is 9.84 Å². The molecule has 0 amide bonds. The Balaban J connectivity index is 2.53.